The second kappa shape index (κ2) is 7.12. The SMILES string of the molecule is COc1ccc2nccc([C@H](O)[C@H]3C[C@H]4CCN3C[C@@H]4C(O)CO)c2c1. The molecule has 1 aromatic heterocycles. The van der Waals surface area contributed by atoms with Crippen LogP contribution in [-0.4, -0.2) is 64.2 Å². The van der Waals surface area contributed by atoms with Crippen LogP contribution in [0.25, 0.3) is 10.9 Å². The second-order valence-electron chi connectivity index (χ2n) is 7.49. The van der Waals surface area contributed by atoms with E-state index in [9.17, 15) is 15.3 Å². The highest BCUT2D eigenvalue weighted by atomic mass is 16.5. The van der Waals surface area contributed by atoms with Crippen LogP contribution >= 0.6 is 0 Å². The number of piperidine rings is 3. The fourth-order valence-corrected chi connectivity index (χ4v) is 4.75. The predicted octanol–water partition coefficient (Wildman–Crippen LogP) is 1.34. The molecule has 6 atom stereocenters. The van der Waals surface area contributed by atoms with E-state index < -0.39 is 12.2 Å². The number of aliphatic hydroxyl groups excluding tert-OH is 3. The monoisotopic (exact) mass is 358 g/mol. The van der Waals surface area contributed by atoms with Crippen LogP contribution in [0, 0.1) is 11.8 Å². The molecular formula is C20H26N2O4. The van der Waals surface area contributed by atoms with Crippen LogP contribution in [0.5, 0.6) is 5.75 Å². The van der Waals surface area contributed by atoms with Crippen molar-refractivity contribution in [3.8, 4) is 5.75 Å². The van der Waals surface area contributed by atoms with E-state index in [-0.39, 0.29) is 18.6 Å². The van der Waals surface area contributed by atoms with Gasteiger partial charge in [0.25, 0.3) is 0 Å². The third-order valence-electron chi connectivity index (χ3n) is 6.20. The summed E-state index contributed by atoms with van der Waals surface area (Å²) in [7, 11) is 1.63. The van der Waals surface area contributed by atoms with Gasteiger partial charge in [0.1, 0.15) is 5.75 Å². The molecule has 3 saturated heterocycles. The number of ether oxygens (including phenoxy) is 1. The van der Waals surface area contributed by atoms with Crippen LogP contribution in [0.1, 0.15) is 24.5 Å². The fraction of sp³-hybridized carbons (Fsp3) is 0.550. The van der Waals surface area contributed by atoms with E-state index in [0.29, 0.717) is 5.92 Å². The summed E-state index contributed by atoms with van der Waals surface area (Å²) in [4.78, 5) is 6.66. The number of pyridine rings is 1. The Morgan fingerprint density at radius 1 is 1.31 bits per heavy atom. The van der Waals surface area contributed by atoms with Gasteiger partial charge in [-0.25, -0.2) is 0 Å². The Morgan fingerprint density at radius 2 is 2.15 bits per heavy atom. The Morgan fingerprint density at radius 3 is 2.85 bits per heavy atom. The lowest BCUT2D eigenvalue weighted by Crippen LogP contribution is -2.58. The number of nitrogens with zero attached hydrogens (tertiary/aromatic N) is 2. The average molecular weight is 358 g/mol. The topological polar surface area (TPSA) is 86.1 Å². The molecule has 1 aromatic carbocycles. The molecule has 2 aromatic rings. The molecule has 140 valence electrons. The standard InChI is InChI=1S/C20H26N2O4/c1-26-13-2-3-17-15(9-13)14(4-6-21-17)20(25)18-8-12-5-7-22(18)10-16(12)19(24)11-23/h2-4,6,9,12,16,18-20,23-25H,5,7-8,10-11H2,1H3/t12-,16+,18-,19?,20+/m1/s1. The van der Waals surface area contributed by atoms with E-state index in [1.54, 1.807) is 13.3 Å². The lowest BCUT2D eigenvalue weighted by atomic mass is 9.71. The molecule has 2 unspecified atom stereocenters. The van der Waals surface area contributed by atoms with Crippen LogP contribution in [0.15, 0.2) is 30.5 Å². The third kappa shape index (κ3) is 2.97. The van der Waals surface area contributed by atoms with Gasteiger partial charge in [-0.15, -0.1) is 0 Å². The van der Waals surface area contributed by atoms with E-state index in [4.69, 9.17) is 4.74 Å². The van der Waals surface area contributed by atoms with Gasteiger partial charge >= 0.3 is 0 Å². The van der Waals surface area contributed by atoms with Crippen LogP contribution in [0.2, 0.25) is 0 Å². The highest BCUT2D eigenvalue weighted by Crippen LogP contribution is 2.42. The summed E-state index contributed by atoms with van der Waals surface area (Å²) in [6, 6.07) is 7.61. The number of aromatic nitrogens is 1. The van der Waals surface area contributed by atoms with Gasteiger partial charge in [0, 0.05) is 30.1 Å². The number of hydrogen-bond acceptors (Lipinski definition) is 6. The van der Waals surface area contributed by atoms with Gasteiger partial charge in [0.05, 0.1) is 31.4 Å². The normalized spacial score (nSPS) is 30.3. The number of hydrogen-bond donors (Lipinski definition) is 3. The number of methoxy groups -OCH3 is 1. The molecule has 4 heterocycles. The molecule has 0 spiro atoms. The first-order chi connectivity index (χ1) is 12.6. The van der Waals surface area contributed by atoms with Gasteiger partial charge in [-0.3, -0.25) is 9.88 Å². The number of benzene rings is 1. The maximum atomic E-state index is 11.2. The smallest absolute Gasteiger partial charge is 0.119 e. The zero-order valence-corrected chi connectivity index (χ0v) is 15.0. The average Bonchev–Trinajstić information content (AvgIpc) is 2.71. The Labute approximate surface area is 153 Å². The summed E-state index contributed by atoms with van der Waals surface area (Å²) in [5.41, 5.74) is 1.71. The van der Waals surface area contributed by atoms with Crippen molar-refractivity contribution in [2.75, 3.05) is 26.8 Å². The molecule has 3 fully saturated rings. The van der Waals surface area contributed by atoms with Crippen LogP contribution in [0.4, 0.5) is 0 Å². The molecular weight excluding hydrogens is 332 g/mol. The summed E-state index contributed by atoms with van der Waals surface area (Å²) >= 11 is 0. The minimum atomic E-state index is -0.674. The van der Waals surface area contributed by atoms with Crippen LogP contribution in [-0.2, 0) is 0 Å². The Hall–Kier alpha value is -1.73. The predicted molar refractivity (Wildman–Crippen MR) is 97.9 cm³/mol. The molecule has 0 saturated carbocycles. The largest absolute Gasteiger partial charge is 0.497 e. The molecule has 3 aliphatic heterocycles. The lowest BCUT2D eigenvalue weighted by Gasteiger charge is -2.52. The molecule has 2 bridgehead atoms. The molecule has 0 amide bonds. The van der Waals surface area contributed by atoms with Gasteiger partial charge in [-0.2, -0.15) is 0 Å². The Kier molecular flexibility index (Phi) is 4.84. The molecule has 26 heavy (non-hydrogen) atoms. The third-order valence-corrected chi connectivity index (χ3v) is 6.20. The van der Waals surface area contributed by atoms with Crippen molar-refractivity contribution in [1.82, 2.24) is 9.88 Å². The first-order valence-corrected chi connectivity index (χ1v) is 9.26. The maximum absolute atomic E-state index is 11.2. The molecule has 3 aliphatic rings. The van der Waals surface area contributed by atoms with Crippen molar-refractivity contribution >= 4 is 10.9 Å². The van der Waals surface area contributed by atoms with Crippen molar-refractivity contribution in [3.05, 3.63) is 36.0 Å². The van der Waals surface area contributed by atoms with Gasteiger partial charge < -0.3 is 20.1 Å². The number of rotatable bonds is 5. The van der Waals surface area contributed by atoms with Crippen molar-refractivity contribution in [3.63, 3.8) is 0 Å². The van der Waals surface area contributed by atoms with Crippen molar-refractivity contribution in [2.45, 2.75) is 31.1 Å². The van der Waals surface area contributed by atoms with Crippen molar-refractivity contribution in [2.24, 2.45) is 11.8 Å². The van der Waals surface area contributed by atoms with E-state index in [1.807, 2.05) is 24.3 Å². The quantitative estimate of drug-likeness (QED) is 0.748. The Bertz CT molecular complexity index is 783. The highest BCUT2D eigenvalue weighted by molar-refractivity contribution is 5.83. The molecule has 6 nitrogen and oxygen atoms in total. The minimum Gasteiger partial charge on any atom is -0.497 e. The van der Waals surface area contributed by atoms with Gasteiger partial charge in [-0.05, 0) is 55.1 Å². The molecule has 0 radical (unpaired) electrons. The molecule has 0 aliphatic carbocycles. The maximum Gasteiger partial charge on any atom is 0.119 e. The molecule has 5 rings (SSSR count). The zero-order chi connectivity index (χ0) is 18.3. The summed E-state index contributed by atoms with van der Waals surface area (Å²) < 4.78 is 5.33. The van der Waals surface area contributed by atoms with E-state index in [2.05, 4.69) is 9.88 Å². The highest BCUT2D eigenvalue weighted by Gasteiger charge is 2.45. The molecule has 3 N–H and O–H groups in total. The van der Waals surface area contributed by atoms with Gasteiger partial charge in [0.15, 0.2) is 0 Å². The van der Waals surface area contributed by atoms with Crippen LogP contribution < -0.4 is 4.74 Å². The zero-order valence-electron chi connectivity index (χ0n) is 15.0. The fourth-order valence-electron chi connectivity index (χ4n) is 4.75. The van der Waals surface area contributed by atoms with E-state index >= 15 is 0 Å². The second-order valence-corrected chi connectivity index (χ2v) is 7.49. The summed E-state index contributed by atoms with van der Waals surface area (Å²) in [5, 5.41) is 31.5. The lowest BCUT2D eigenvalue weighted by molar-refractivity contribution is -0.0970. The first kappa shape index (κ1) is 17.7. The van der Waals surface area contributed by atoms with Crippen LogP contribution in [0.3, 0.4) is 0 Å². The first-order valence-electron chi connectivity index (χ1n) is 9.26. The van der Waals surface area contributed by atoms with Gasteiger partial charge in [0.2, 0.25) is 0 Å². The molecule has 6 heteroatoms. The number of fused-ring (bicyclic) bond motifs is 4. The van der Waals surface area contributed by atoms with Crippen molar-refractivity contribution < 1.29 is 20.1 Å². The Balaban J connectivity index is 1.63. The summed E-state index contributed by atoms with van der Waals surface area (Å²) in [5.74, 6) is 1.17. The van der Waals surface area contributed by atoms with Gasteiger partial charge in [-0.1, -0.05) is 0 Å². The van der Waals surface area contributed by atoms with E-state index in [0.717, 1.165) is 48.1 Å². The summed E-state index contributed by atoms with van der Waals surface area (Å²) in [6.07, 6.45) is 2.28. The van der Waals surface area contributed by atoms with Crippen molar-refractivity contribution in [1.29, 1.82) is 0 Å². The summed E-state index contributed by atoms with van der Waals surface area (Å²) in [6.45, 7) is 1.45. The minimum absolute atomic E-state index is 0.0210. The van der Waals surface area contributed by atoms with E-state index in [1.165, 1.54) is 0 Å². The number of aliphatic hydroxyl groups is 3.